The number of hydrogen-bond acceptors (Lipinski definition) is 5. The van der Waals surface area contributed by atoms with Gasteiger partial charge < -0.3 is 14.8 Å². The molecule has 3 aromatic rings. The SMILES string of the molecule is CCOc1cc(CNc2ncn[nH]2)cc(Br)c1OCc1ccc(Cl)c(Cl)c1. The van der Waals surface area contributed by atoms with Crippen LogP contribution in [0.5, 0.6) is 11.5 Å². The molecule has 0 aliphatic rings. The Hall–Kier alpha value is -1.96. The highest BCUT2D eigenvalue weighted by Crippen LogP contribution is 2.38. The summed E-state index contributed by atoms with van der Waals surface area (Å²) in [6, 6.07) is 9.31. The maximum Gasteiger partial charge on any atom is 0.218 e. The topological polar surface area (TPSA) is 72.1 Å². The monoisotopic (exact) mass is 470 g/mol. The Balaban J connectivity index is 1.75. The minimum atomic E-state index is 0.339. The van der Waals surface area contributed by atoms with Crippen LogP contribution in [0.3, 0.4) is 0 Å². The van der Waals surface area contributed by atoms with Crippen molar-refractivity contribution in [1.29, 1.82) is 0 Å². The summed E-state index contributed by atoms with van der Waals surface area (Å²) in [5.74, 6) is 1.89. The van der Waals surface area contributed by atoms with Crippen molar-refractivity contribution in [2.75, 3.05) is 11.9 Å². The van der Waals surface area contributed by atoms with E-state index in [4.69, 9.17) is 32.7 Å². The highest BCUT2D eigenvalue weighted by Gasteiger charge is 2.13. The summed E-state index contributed by atoms with van der Waals surface area (Å²) >= 11 is 15.6. The molecule has 0 radical (unpaired) electrons. The Morgan fingerprint density at radius 1 is 1.11 bits per heavy atom. The zero-order chi connectivity index (χ0) is 19.2. The summed E-state index contributed by atoms with van der Waals surface area (Å²) < 4.78 is 12.5. The summed E-state index contributed by atoms with van der Waals surface area (Å²) in [4.78, 5) is 4.04. The smallest absolute Gasteiger partial charge is 0.218 e. The van der Waals surface area contributed by atoms with Crippen molar-refractivity contribution in [2.45, 2.75) is 20.1 Å². The van der Waals surface area contributed by atoms with Gasteiger partial charge in [0.25, 0.3) is 0 Å². The molecule has 0 fully saturated rings. The van der Waals surface area contributed by atoms with Gasteiger partial charge in [0.15, 0.2) is 11.5 Å². The fourth-order valence-electron chi connectivity index (χ4n) is 2.39. The maximum atomic E-state index is 6.07. The van der Waals surface area contributed by atoms with Gasteiger partial charge in [-0.15, -0.1) is 0 Å². The normalized spacial score (nSPS) is 10.7. The van der Waals surface area contributed by atoms with Crippen molar-refractivity contribution in [3.63, 3.8) is 0 Å². The minimum absolute atomic E-state index is 0.339. The third kappa shape index (κ3) is 5.28. The number of anilines is 1. The van der Waals surface area contributed by atoms with E-state index in [1.165, 1.54) is 6.33 Å². The molecule has 27 heavy (non-hydrogen) atoms. The number of nitrogens with zero attached hydrogens (tertiary/aromatic N) is 2. The van der Waals surface area contributed by atoms with E-state index in [-0.39, 0.29) is 0 Å². The lowest BCUT2D eigenvalue weighted by Crippen LogP contribution is -2.04. The van der Waals surface area contributed by atoms with Crippen LogP contribution in [0.2, 0.25) is 10.0 Å². The Morgan fingerprint density at radius 3 is 2.67 bits per heavy atom. The minimum Gasteiger partial charge on any atom is -0.490 e. The zero-order valence-corrected chi connectivity index (χ0v) is 17.5. The Bertz CT molecular complexity index is 907. The van der Waals surface area contributed by atoms with Crippen molar-refractivity contribution in [2.24, 2.45) is 0 Å². The molecule has 0 saturated heterocycles. The zero-order valence-electron chi connectivity index (χ0n) is 14.4. The van der Waals surface area contributed by atoms with Crippen LogP contribution in [0.1, 0.15) is 18.1 Å². The number of halogens is 3. The van der Waals surface area contributed by atoms with Gasteiger partial charge in [0, 0.05) is 6.54 Å². The Labute approximate surface area is 175 Å². The van der Waals surface area contributed by atoms with Crippen molar-refractivity contribution >= 4 is 45.1 Å². The molecule has 0 atom stereocenters. The molecule has 3 rings (SSSR count). The average molecular weight is 472 g/mol. The molecule has 2 N–H and O–H groups in total. The lowest BCUT2D eigenvalue weighted by atomic mass is 10.2. The molecular formula is C18H17BrCl2N4O2. The summed E-state index contributed by atoms with van der Waals surface area (Å²) in [6.07, 6.45) is 1.45. The van der Waals surface area contributed by atoms with Crippen LogP contribution >= 0.6 is 39.1 Å². The van der Waals surface area contributed by atoms with E-state index in [1.54, 1.807) is 12.1 Å². The molecule has 0 spiro atoms. The van der Waals surface area contributed by atoms with E-state index in [0.717, 1.165) is 15.6 Å². The quantitative estimate of drug-likeness (QED) is 0.456. The van der Waals surface area contributed by atoms with Gasteiger partial charge in [-0.2, -0.15) is 5.10 Å². The van der Waals surface area contributed by atoms with Crippen LogP contribution < -0.4 is 14.8 Å². The first-order valence-electron chi connectivity index (χ1n) is 8.18. The van der Waals surface area contributed by atoms with E-state index in [9.17, 15) is 0 Å². The number of H-pyrrole nitrogens is 1. The number of nitrogens with one attached hydrogen (secondary N) is 2. The summed E-state index contributed by atoms with van der Waals surface area (Å²) in [6.45, 7) is 3.34. The number of hydrogen-bond donors (Lipinski definition) is 2. The second kappa shape index (κ2) is 9.30. The first-order valence-corrected chi connectivity index (χ1v) is 9.73. The third-order valence-electron chi connectivity index (χ3n) is 3.61. The second-order valence-corrected chi connectivity index (χ2v) is 7.23. The fraction of sp³-hybridized carbons (Fsp3) is 0.222. The summed E-state index contributed by atoms with van der Waals surface area (Å²) in [7, 11) is 0. The summed E-state index contributed by atoms with van der Waals surface area (Å²) in [5.41, 5.74) is 1.92. The van der Waals surface area contributed by atoms with Crippen LogP contribution in [0.15, 0.2) is 41.1 Å². The molecule has 1 heterocycles. The van der Waals surface area contributed by atoms with Crippen LogP contribution in [0.4, 0.5) is 5.95 Å². The van der Waals surface area contributed by atoms with Crippen LogP contribution in [0.25, 0.3) is 0 Å². The third-order valence-corrected chi connectivity index (χ3v) is 4.94. The lowest BCUT2D eigenvalue weighted by molar-refractivity contribution is 0.267. The molecule has 6 nitrogen and oxygen atoms in total. The molecule has 0 unspecified atom stereocenters. The van der Waals surface area contributed by atoms with Gasteiger partial charge >= 0.3 is 0 Å². The standard InChI is InChI=1S/C18H17BrCl2N4O2/c1-2-26-16-7-12(8-22-18-23-10-24-25-18)5-13(19)17(16)27-9-11-3-4-14(20)15(21)6-11/h3-7,10H,2,8-9H2,1H3,(H2,22,23,24,25). The predicted molar refractivity (Wildman–Crippen MR) is 110 cm³/mol. The van der Waals surface area contributed by atoms with Gasteiger partial charge in [-0.05, 0) is 58.2 Å². The van der Waals surface area contributed by atoms with Gasteiger partial charge in [0.2, 0.25) is 5.95 Å². The lowest BCUT2D eigenvalue weighted by Gasteiger charge is -2.16. The number of aromatic nitrogens is 3. The van der Waals surface area contributed by atoms with Crippen molar-refractivity contribution in [1.82, 2.24) is 15.2 Å². The van der Waals surface area contributed by atoms with E-state index in [2.05, 4.69) is 36.4 Å². The first kappa shape index (κ1) is 19.8. The highest BCUT2D eigenvalue weighted by atomic mass is 79.9. The molecule has 142 valence electrons. The number of rotatable bonds is 8. The summed E-state index contributed by atoms with van der Waals surface area (Å²) in [5, 5.41) is 10.7. The van der Waals surface area contributed by atoms with Crippen LogP contribution in [-0.4, -0.2) is 21.8 Å². The predicted octanol–water partition coefficient (Wildman–Crippen LogP) is 5.46. The molecule has 1 aromatic heterocycles. The molecule has 0 aliphatic carbocycles. The van der Waals surface area contributed by atoms with Crippen LogP contribution in [-0.2, 0) is 13.2 Å². The molecule has 0 bridgehead atoms. The van der Waals surface area contributed by atoms with E-state index >= 15 is 0 Å². The van der Waals surface area contributed by atoms with E-state index in [0.29, 0.717) is 47.3 Å². The van der Waals surface area contributed by atoms with Crippen LogP contribution in [0, 0.1) is 0 Å². The second-order valence-electron chi connectivity index (χ2n) is 5.56. The fourth-order valence-corrected chi connectivity index (χ4v) is 3.31. The largest absolute Gasteiger partial charge is 0.490 e. The Morgan fingerprint density at radius 2 is 1.96 bits per heavy atom. The molecular weight excluding hydrogens is 455 g/mol. The van der Waals surface area contributed by atoms with Gasteiger partial charge in [-0.3, -0.25) is 0 Å². The van der Waals surface area contributed by atoms with Gasteiger partial charge in [0.1, 0.15) is 12.9 Å². The van der Waals surface area contributed by atoms with Gasteiger partial charge in [0.05, 0.1) is 21.1 Å². The number of ether oxygens (including phenoxy) is 2. The number of aromatic amines is 1. The van der Waals surface area contributed by atoms with Crippen molar-refractivity contribution < 1.29 is 9.47 Å². The molecule has 2 aromatic carbocycles. The van der Waals surface area contributed by atoms with Crippen molar-refractivity contribution in [3.8, 4) is 11.5 Å². The molecule has 0 aliphatic heterocycles. The average Bonchev–Trinajstić information content (AvgIpc) is 3.16. The van der Waals surface area contributed by atoms with E-state index < -0.39 is 0 Å². The molecule has 0 amide bonds. The number of benzene rings is 2. The molecule has 0 saturated carbocycles. The molecule has 9 heteroatoms. The first-order chi connectivity index (χ1) is 13.1. The highest BCUT2D eigenvalue weighted by molar-refractivity contribution is 9.10. The van der Waals surface area contributed by atoms with Gasteiger partial charge in [-0.1, -0.05) is 29.3 Å². The van der Waals surface area contributed by atoms with Crippen molar-refractivity contribution in [3.05, 3.63) is 62.3 Å². The Kier molecular flexibility index (Phi) is 6.82. The van der Waals surface area contributed by atoms with Gasteiger partial charge in [-0.25, -0.2) is 10.1 Å². The van der Waals surface area contributed by atoms with E-state index in [1.807, 2.05) is 25.1 Å². The maximum absolute atomic E-state index is 6.07.